The third-order valence-electron chi connectivity index (χ3n) is 1.33. The van der Waals surface area contributed by atoms with Crippen molar-refractivity contribution in [3.63, 3.8) is 0 Å². The van der Waals surface area contributed by atoms with Crippen molar-refractivity contribution in [1.29, 1.82) is 0 Å². The van der Waals surface area contributed by atoms with E-state index in [0.29, 0.717) is 0 Å². The average molecular weight is 178 g/mol. The van der Waals surface area contributed by atoms with Gasteiger partial charge in [-0.05, 0) is 0 Å². The van der Waals surface area contributed by atoms with Gasteiger partial charge >= 0.3 is 66.6 Å². The molecular formula is C7H14CrSi. The molecule has 0 aromatic heterocycles. The monoisotopic (exact) mass is 178 g/mol. The molecule has 9 heavy (non-hydrogen) atoms. The summed E-state index contributed by atoms with van der Waals surface area (Å²) >= 11 is 3.00. The molecule has 0 heterocycles. The molecule has 0 nitrogen and oxygen atoms in total. The zero-order valence-electron chi connectivity index (χ0n) is 6.62. The normalized spacial score (nSPS) is 11.1. The SMILES string of the molecule is C=C([C](C)=[Cr])[Si](C)(C)C. The molecule has 0 aromatic rings. The molecule has 0 bridgehead atoms. The van der Waals surface area contributed by atoms with Gasteiger partial charge in [0.1, 0.15) is 0 Å². The molecule has 0 saturated carbocycles. The summed E-state index contributed by atoms with van der Waals surface area (Å²) in [6.45, 7) is 13.0. The second kappa shape index (κ2) is 2.96. The van der Waals surface area contributed by atoms with Gasteiger partial charge in [-0.1, -0.05) is 0 Å². The predicted molar refractivity (Wildman–Crippen MR) is 43.2 cm³/mol. The Morgan fingerprint density at radius 2 is 1.67 bits per heavy atom. The van der Waals surface area contributed by atoms with Crippen molar-refractivity contribution >= 4 is 12.5 Å². The molecule has 0 radical (unpaired) electrons. The van der Waals surface area contributed by atoms with E-state index in [1.165, 1.54) is 9.58 Å². The molecule has 0 N–H and O–H groups in total. The molecule has 0 aliphatic carbocycles. The second-order valence-corrected chi connectivity index (χ2v) is 9.34. The first-order valence-corrected chi connectivity index (χ1v) is 7.20. The maximum atomic E-state index is 4.02. The van der Waals surface area contributed by atoms with Crippen LogP contribution in [0, 0.1) is 0 Å². The summed E-state index contributed by atoms with van der Waals surface area (Å²) in [5, 5.41) is 1.34. The van der Waals surface area contributed by atoms with E-state index in [1.54, 1.807) is 0 Å². The van der Waals surface area contributed by atoms with E-state index in [9.17, 15) is 0 Å². The van der Waals surface area contributed by atoms with Crippen molar-refractivity contribution in [3.05, 3.63) is 11.8 Å². The van der Waals surface area contributed by atoms with Gasteiger partial charge in [-0.15, -0.1) is 0 Å². The summed E-state index contributed by atoms with van der Waals surface area (Å²) in [6, 6.07) is 0. The van der Waals surface area contributed by atoms with Crippen molar-refractivity contribution in [1.82, 2.24) is 0 Å². The summed E-state index contributed by atoms with van der Waals surface area (Å²) in [5.41, 5.74) is 0. The van der Waals surface area contributed by atoms with Crippen LogP contribution in [0.1, 0.15) is 6.92 Å². The van der Waals surface area contributed by atoms with E-state index in [4.69, 9.17) is 0 Å². The van der Waals surface area contributed by atoms with Crippen molar-refractivity contribution in [2.75, 3.05) is 0 Å². The molecule has 0 spiro atoms. The zero-order valence-corrected chi connectivity index (χ0v) is 8.89. The fourth-order valence-corrected chi connectivity index (χ4v) is 3.02. The van der Waals surface area contributed by atoms with Gasteiger partial charge < -0.3 is 0 Å². The van der Waals surface area contributed by atoms with Crippen LogP contribution in [-0.4, -0.2) is 12.5 Å². The molecule has 0 saturated heterocycles. The van der Waals surface area contributed by atoms with Crippen LogP contribution < -0.4 is 0 Å². The number of allylic oxidation sites excluding steroid dienone is 1. The first-order valence-electron chi connectivity index (χ1n) is 3.06. The van der Waals surface area contributed by atoms with Gasteiger partial charge in [-0.2, -0.15) is 0 Å². The number of hydrogen-bond donors (Lipinski definition) is 0. The maximum absolute atomic E-state index is 4.02. The third-order valence-corrected chi connectivity index (χ3v) is 4.20. The Balaban J connectivity index is 4.23. The van der Waals surface area contributed by atoms with E-state index < -0.39 is 8.07 Å². The topological polar surface area (TPSA) is 0 Å². The minimum atomic E-state index is -1.09. The van der Waals surface area contributed by atoms with E-state index in [0.717, 1.165) is 0 Å². The van der Waals surface area contributed by atoms with Crippen LogP contribution in [-0.2, 0) is 15.9 Å². The van der Waals surface area contributed by atoms with E-state index in [2.05, 4.69) is 49.0 Å². The third kappa shape index (κ3) is 3.15. The first-order chi connectivity index (χ1) is 3.85. The zero-order chi connectivity index (χ0) is 7.65. The van der Waals surface area contributed by atoms with Crippen LogP contribution in [0.15, 0.2) is 11.8 Å². The molecule has 2 heteroatoms. The minimum absolute atomic E-state index is 1.09. The Labute approximate surface area is 66.9 Å². The van der Waals surface area contributed by atoms with Crippen LogP contribution >= 0.6 is 0 Å². The van der Waals surface area contributed by atoms with E-state index >= 15 is 0 Å². The molecule has 0 unspecified atom stereocenters. The molecule has 0 atom stereocenters. The van der Waals surface area contributed by atoms with Gasteiger partial charge in [0.2, 0.25) is 0 Å². The summed E-state index contributed by atoms with van der Waals surface area (Å²) in [6.07, 6.45) is 0. The average Bonchev–Trinajstić information content (AvgIpc) is 1.62. The van der Waals surface area contributed by atoms with Gasteiger partial charge in [0.25, 0.3) is 0 Å². The Bertz CT molecular complexity index is 141. The van der Waals surface area contributed by atoms with Crippen molar-refractivity contribution in [2.24, 2.45) is 0 Å². The fraction of sp³-hybridized carbons (Fsp3) is 0.571. The van der Waals surface area contributed by atoms with Crippen molar-refractivity contribution < 1.29 is 15.9 Å². The molecular weight excluding hydrogens is 164 g/mol. The summed E-state index contributed by atoms with van der Waals surface area (Å²) in [4.78, 5) is 0. The summed E-state index contributed by atoms with van der Waals surface area (Å²) < 4.78 is 1.27. The first kappa shape index (κ1) is 9.36. The van der Waals surface area contributed by atoms with Crippen LogP contribution in [0.2, 0.25) is 19.6 Å². The van der Waals surface area contributed by atoms with E-state index in [1.807, 2.05) is 0 Å². The van der Waals surface area contributed by atoms with Gasteiger partial charge in [0.15, 0.2) is 0 Å². The Kier molecular flexibility index (Phi) is 3.08. The summed E-state index contributed by atoms with van der Waals surface area (Å²) in [7, 11) is -1.09. The van der Waals surface area contributed by atoms with Crippen molar-refractivity contribution in [3.8, 4) is 0 Å². The Morgan fingerprint density at radius 1 is 1.33 bits per heavy atom. The van der Waals surface area contributed by atoms with Crippen LogP contribution in [0.25, 0.3) is 0 Å². The van der Waals surface area contributed by atoms with Gasteiger partial charge in [-0.25, -0.2) is 0 Å². The predicted octanol–water partition coefficient (Wildman–Crippen LogP) is 2.16. The summed E-state index contributed by atoms with van der Waals surface area (Å²) in [5.74, 6) is 0. The molecule has 52 valence electrons. The van der Waals surface area contributed by atoms with Gasteiger partial charge in [-0.3, -0.25) is 0 Å². The molecule has 0 fully saturated rings. The quantitative estimate of drug-likeness (QED) is 0.568. The number of hydrogen-bond acceptors (Lipinski definition) is 0. The molecule has 0 rings (SSSR count). The Morgan fingerprint density at radius 3 is 1.67 bits per heavy atom. The fourth-order valence-electron chi connectivity index (χ4n) is 0.528. The second-order valence-electron chi connectivity index (χ2n) is 3.28. The van der Waals surface area contributed by atoms with Crippen LogP contribution in [0.4, 0.5) is 0 Å². The molecule has 0 amide bonds. The van der Waals surface area contributed by atoms with Crippen LogP contribution in [0.3, 0.4) is 0 Å². The molecule has 0 aliphatic heterocycles. The van der Waals surface area contributed by atoms with Gasteiger partial charge in [0, 0.05) is 0 Å². The molecule has 0 aromatic carbocycles. The Hall–Kier alpha value is 0.359. The molecule has 0 aliphatic rings. The standard InChI is InChI=1S/C7H14Si.Cr/c1-6-7(2)8(3,4)5;/h2H2,1,3-5H3;. The number of rotatable bonds is 2. The van der Waals surface area contributed by atoms with Gasteiger partial charge in [0.05, 0.1) is 0 Å². The van der Waals surface area contributed by atoms with E-state index in [-0.39, 0.29) is 0 Å². The van der Waals surface area contributed by atoms with Crippen LogP contribution in [0.5, 0.6) is 0 Å². The van der Waals surface area contributed by atoms with Crippen molar-refractivity contribution in [2.45, 2.75) is 26.6 Å².